The van der Waals surface area contributed by atoms with Crippen LogP contribution in [0.4, 0.5) is 0 Å². The Hall–Kier alpha value is -1.59. The Morgan fingerprint density at radius 1 is 1.32 bits per heavy atom. The molecule has 0 saturated heterocycles. The van der Waals surface area contributed by atoms with Crippen LogP contribution in [0, 0.1) is 5.92 Å². The Morgan fingerprint density at radius 2 is 2.08 bits per heavy atom. The van der Waals surface area contributed by atoms with Crippen LogP contribution < -0.4 is 4.74 Å². The summed E-state index contributed by atoms with van der Waals surface area (Å²) in [5, 5.41) is 3.53. The Kier molecular flexibility index (Phi) is 7.26. The first kappa shape index (κ1) is 19.7. The zero-order valence-electron chi connectivity index (χ0n) is 15.2. The van der Waals surface area contributed by atoms with Crippen molar-refractivity contribution in [2.24, 2.45) is 5.92 Å². The number of rotatable bonds is 8. The van der Waals surface area contributed by atoms with Crippen LogP contribution in [0.2, 0.25) is 5.02 Å². The van der Waals surface area contributed by atoms with Gasteiger partial charge < -0.3 is 9.64 Å². The largest absolute Gasteiger partial charge is 0.486 e. The van der Waals surface area contributed by atoms with E-state index >= 15 is 0 Å². The summed E-state index contributed by atoms with van der Waals surface area (Å²) in [4.78, 5) is 18.9. The molecular formula is C19H25ClN2O2S. The molecular weight excluding hydrogens is 356 g/mol. The second kappa shape index (κ2) is 9.20. The standard InChI is InChI=1S/C19H25ClN2O2S/c1-13(2)8-19(23)22(14(3)4)10-16-12-25-18(21-16)11-24-17-7-5-6-15(20)9-17/h5-7,9,12-14H,8,10-11H2,1-4H3. The van der Waals surface area contributed by atoms with E-state index in [2.05, 4.69) is 18.8 Å². The van der Waals surface area contributed by atoms with Gasteiger partial charge in [0, 0.05) is 22.9 Å². The maximum atomic E-state index is 12.4. The Balaban J connectivity index is 1.96. The molecule has 1 aromatic carbocycles. The van der Waals surface area contributed by atoms with Crippen LogP contribution in [-0.2, 0) is 17.9 Å². The first-order chi connectivity index (χ1) is 11.8. The number of halogens is 1. The van der Waals surface area contributed by atoms with Crippen LogP contribution in [-0.4, -0.2) is 21.8 Å². The lowest BCUT2D eigenvalue weighted by Crippen LogP contribution is -2.37. The molecule has 6 heteroatoms. The number of benzene rings is 1. The number of carbonyl (C=O) groups excluding carboxylic acids is 1. The van der Waals surface area contributed by atoms with Gasteiger partial charge in [-0.1, -0.05) is 31.5 Å². The Bertz CT molecular complexity index is 700. The van der Waals surface area contributed by atoms with Crippen LogP contribution in [0.1, 0.15) is 44.8 Å². The average Bonchev–Trinajstić information content (AvgIpc) is 2.97. The average molecular weight is 381 g/mol. The molecule has 0 bridgehead atoms. The molecule has 0 unspecified atom stereocenters. The maximum Gasteiger partial charge on any atom is 0.223 e. The van der Waals surface area contributed by atoms with Crippen molar-refractivity contribution < 1.29 is 9.53 Å². The number of carbonyl (C=O) groups is 1. The van der Waals surface area contributed by atoms with Crippen LogP contribution in [0.25, 0.3) is 0 Å². The van der Waals surface area contributed by atoms with Gasteiger partial charge in [-0.05, 0) is 38.0 Å². The van der Waals surface area contributed by atoms with Gasteiger partial charge in [0.1, 0.15) is 17.4 Å². The molecule has 0 aliphatic rings. The van der Waals surface area contributed by atoms with Gasteiger partial charge >= 0.3 is 0 Å². The molecule has 2 aromatic rings. The summed E-state index contributed by atoms with van der Waals surface area (Å²) in [5.74, 6) is 1.25. The van der Waals surface area contributed by atoms with Crippen molar-refractivity contribution in [1.29, 1.82) is 0 Å². The topological polar surface area (TPSA) is 42.4 Å². The van der Waals surface area contributed by atoms with Gasteiger partial charge in [0.25, 0.3) is 0 Å². The lowest BCUT2D eigenvalue weighted by molar-refractivity contribution is -0.134. The summed E-state index contributed by atoms with van der Waals surface area (Å²) >= 11 is 7.50. The number of amides is 1. The van der Waals surface area contributed by atoms with Crippen molar-refractivity contribution in [3.8, 4) is 5.75 Å². The van der Waals surface area contributed by atoms with E-state index in [0.717, 1.165) is 16.5 Å². The monoisotopic (exact) mass is 380 g/mol. The molecule has 0 spiro atoms. The van der Waals surface area contributed by atoms with Gasteiger partial charge in [-0.15, -0.1) is 11.3 Å². The molecule has 0 aliphatic carbocycles. The summed E-state index contributed by atoms with van der Waals surface area (Å²) in [6.45, 7) is 9.13. The molecule has 136 valence electrons. The minimum atomic E-state index is 0.152. The molecule has 2 rings (SSSR count). The van der Waals surface area contributed by atoms with Gasteiger partial charge in [-0.2, -0.15) is 0 Å². The number of thiazole rings is 1. The van der Waals surface area contributed by atoms with Crippen molar-refractivity contribution in [1.82, 2.24) is 9.88 Å². The summed E-state index contributed by atoms with van der Waals surface area (Å²) in [6.07, 6.45) is 0.563. The summed E-state index contributed by atoms with van der Waals surface area (Å²) in [5.41, 5.74) is 0.903. The summed E-state index contributed by atoms with van der Waals surface area (Å²) < 4.78 is 5.72. The fourth-order valence-electron chi connectivity index (χ4n) is 2.39. The highest BCUT2D eigenvalue weighted by Crippen LogP contribution is 2.20. The Labute approximate surface area is 158 Å². The highest BCUT2D eigenvalue weighted by atomic mass is 35.5. The number of hydrogen-bond acceptors (Lipinski definition) is 4. The minimum Gasteiger partial charge on any atom is -0.486 e. The van der Waals surface area contributed by atoms with Crippen molar-refractivity contribution >= 4 is 28.8 Å². The van der Waals surface area contributed by atoms with E-state index in [1.54, 1.807) is 17.4 Å². The maximum absolute atomic E-state index is 12.4. The van der Waals surface area contributed by atoms with Crippen LogP contribution >= 0.6 is 22.9 Å². The number of aromatic nitrogens is 1. The van der Waals surface area contributed by atoms with E-state index in [9.17, 15) is 4.79 Å². The third kappa shape index (κ3) is 6.33. The third-order valence-corrected chi connectivity index (χ3v) is 4.72. The molecule has 4 nitrogen and oxygen atoms in total. The van der Waals surface area contributed by atoms with Crippen LogP contribution in [0.15, 0.2) is 29.6 Å². The summed E-state index contributed by atoms with van der Waals surface area (Å²) in [7, 11) is 0. The van der Waals surface area contributed by atoms with E-state index in [4.69, 9.17) is 16.3 Å². The molecule has 0 N–H and O–H groups in total. The molecule has 0 fully saturated rings. The fraction of sp³-hybridized carbons (Fsp3) is 0.474. The van der Waals surface area contributed by atoms with E-state index in [-0.39, 0.29) is 11.9 Å². The molecule has 0 radical (unpaired) electrons. The first-order valence-electron chi connectivity index (χ1n) is 8.46. The molecule has 0 saturated carbocycles. The molecule has 25 heavy (non-hydrogen) atoms. The van der Waals surface area contributed by atoms with Gasteiger partial charge in [-0.25, -0.2) is 4.98 Å². The smallest absolute Gasteiger partial charge is 0.223 e. The van der Waals surface area contributed by atoms with Crippen LogP contribution in [0.5, 0.6) is 5.75 Å². The van der Waals surface area contributed by atoms with Crippen molar-refractivity contribution in [2.45, 2.75) is 53.3 Å². The van der Waals surface area contributed by atoms with Gasteiger partial charge in [-0.3, -0.25) is 4.79 Å². The normalized spacial score (nSPS) is 11.2. The SMILES string of the molecule is CC(C)CC(=O)N(Cc1csc(COc2cccc(Cl)c2)n1)C(C)C. The Morgan fingerprint density at radius 3 is 2.72 bits per heavy atom. The van der Waals surface area contributed by atoms with E-state index in [0.29, 0.717) is 30.5 Å². The van der Waals surface area contributed by atoms with Crippen LogP contribution in [0.3, 0.4) is 0 Å². The second-order valence-corrected chi connectivity index (χ2v) is 8.07. The highest BCUT2D eigenvalue weighted by molar-refractivity contribution is 7.09. The predicted molar refractivity (Wildman–Crippen MR) is 103 cm³/mol. The molecule has 0 aliphatic heterocycles. The van der Waals surface area contributed by atoms with Crippen molar-refractivity contribution in [3.63, 3.8) is 0 Å². The van der Waals surface area contributed by atoms with Crippen molar-refractivity contribution in [3.05, 3.63) is 45.4 Å². The van der Waals surface area contributed by atoms with Crippen molar-refractivity contribution in [2.75, 3.05) is 0 Å². The predicted octanol–water partition coefficient (Wildman–Crippen LogP) is 5.16. The zero-order chi connectivity index (χ0) is 18.4. The lowest BCUT2D eigenvalue weighted by Gasteiger charge is -2.26. The van der Waals surface area contributed by atoms with Gasteiger partial charge in [0.15, 0.2) is 0 Å². The minimum absolute atomic E-state index is 0.152. The first-order valence-corrected chi connectivity index (χ1v) is 9.72. The fourth-order valence-corrected chi connectivity index (χ4v) is 3.27. The molecule has 1 amide bonds. The number of hydrogen-bond donors (Lipinski definition) is 0. The molecule has 0 atom stereocenters. The lowest BCUT2D eigenvalue weighted by atomic mass is 10.1. The number of ether oxygens (including phenoxy) is 1. The highest BCUT2D eigenvalue weighted by Gasteiger charge is 2.19. The third-order valence-electron chi connectivity index (χ3n) is 3.62. The number of nitrogens with zero attached hydrogens (tertiary/aromatic N) is 2. The van der Waals surface area contributed by atoms with E-state index < -0.39 is 0 Å². The second-order valence-electron chi connectivity index (χ2n) is 6.69. The summed E-state index contributed by atoms with van der Waals surface area (Å²) in [6, 6.07) is 7.46. The van der Waals surface area contributed by atoms with Gasteiger partial charge in [0.05, 0.1) is 12.2 Å². The van der Waals surface area contributed by atoms with E-state index in [1.807, 2.05) is 42.3 Å². The quantitative estimate of drug-likeness (QED) is 0.635. The van der Waals surface area contributed by atoms with Gasteiger partial charge in [0.2, 0.25) is 5.91 Å². The molecule has 1 aromatic heterocycles. The zero-order valence-corrected chi connectivity index (χ0v) is 16.7. The molecule has 1 heterocycles. The van der Waals surface area contributed by atoms with E-state index in [1.165, 1.54) is 0 Å².